The Bertz CT molecular complexity index is 925. The van der Waals surface area contributed by atoms with Crippen LogP contribution in [0.1, 0.15) is 5.56 Å². The van der Waals surface area contributed by atoms with E-state index in [9.17, 15) is 4.79 Å². The van der Waals surface area contributed by atoms with E-state index in [1.165, 1.54) is 4.68 Å². The van der Waals surface area contributed by atoms with E-state index in [2.05, 4.69) is 11.2 Å². The van der Waals surface area contributed by atoms with Crippen molar-refractivity contribution < 1.29 is 0 Å². The predicted molar refractivity (Wildman–Crippen MR) is 91.4 cm³/mol. The van der Waals surface area contributed by atoms with Gasteiger partial charge in [0.15, 0.2) is 0 Å². The number of benzene rings is 2. The molecule has 2 aromatic carbocycles. The summed E-state index contributed by atoms with van der Waals surface area (Å²) in [7, 11) is 0. The molecule has 1 N–H and O–H groups in total. The third kappa shape index (κ3) is 2.02. The van der Waals surface area contributed by atoms with Crippen molar-refractivity contribution in [2.24, 2.45) is 0 Å². The Morgan fingerprint density at radius 2 is 1.77 bits per heavy atom. The molecule has 110 valence electrons. The smallest absolute Gasteiger partial charge is 0.276 e. The zero-order chi connectivity index (χ0) is 15.3. The summed E-state index contributed by atoms with van der Waals surface area (Å²) < 4.78 is 1.44. The zero-order valence-electron chi connectivity index (χ0n) is 11.3. The van der Waals surface area contributed by atoms with Crippen molar-refractivity contribution in [3.8, 4) is 16.9 Å². The van der Waals surface area contributed by atoms with E-state index in [1.807, 2.05) is 18.2 Å². The molecule has 0 unspecified atom stereocenters. The van der Waals surface area contributed by atoms with Gasteiger partial charge in [0.2, 0.25) is 0 Å². The van der Waals surface area contributed by atoms with E-state index >= 15 is 0 Å². The summed E-state index contributed by atoms with van der Waals surface area (Å²) in [5, 5.41) is 4.06. The molecular weight excluding hydrogens is 339 g/mol. The van der Waals surface area contributed by atoms with Gasteiger partial charge in [0.1, 0.15) is 5.69 Å². The maximum atomic E-state index is 12.7. The lowest BCUT2D eigenvalue weighted by Crippen LogP contribution is -2.18. The van der Waals surface area contributed by atoms with E-state index in [0.29, 0.717) is 21.5 Å². The monoisotopic (exact) mass is 348 g/mol. The third-order valence-electron chi connectivity index (χ3n) is 3.68. The minimum atomic E-state index is -0.105. The summed E-state index contributed by atoms with van der Waals surface area (Å²) in [5.41, 5.74) is 3.02. The van der Waals surface area contributed by atoms with E-state index in [4.69, 9.17) is 23.2 Å². The van der Waals surface area contributed by atoms with Gasteiger partial charge in [-0.2, -0.15) is 0 Å². The largest absolute Gasteiger partial charge is 0.290 e. The molecule has 0 bridgehead atoms. The molecule has 0 saturated heterocycles. The molecule has 0 atom stereocenters. The van der Waals surface area contributed by atoms with Gasteiger partial charge in [0.25, 0.3) is 5.56 Å². The van der Waals surface area contributed by atoms with Gasteiger partial charge in [-0.3, -0.25) is 9.89 Å². The van der Waals surface area contributed by atoms with E-state index in [1.54, 1.807) is 30.0 Å². The molecule has 4 rings (SSSR count). The molecule has 1 aliphatic heterocycles. The lowest BCUT2D eigenvalue weighted by Gasteiger charge is -2.13. The summed E-state index contributed by atoms with van der Waals surface area (Å²) in [6.45, 7) is 0. The number of nitrogens with zero attached hydrogens (tertiary/aromatic N) is 1. The topological polar surface area (TPSA) is 37.8 Å². The fourth-order valence-electron chi connectivity index (χ4n) is 2.64. The molecule has 0 radical (unpaired) electrons. The third-order valence-corrected chi connectivity index (χ3v) is 5.39. The second-order valence-electron chi connectivity index (χ2n) is 4.96. The number of H-pyrrole nitrogens is 1. The fraction of sp³-hybridized carbons (Fsp3) is 0.0625. The molecule has 3 nitrogen and oxygen atoms in total. The maximum Gasteiger partial charge on any atom is 0.276 e. The van der Waals surface area contributed by atoms with Crippen LogP contribution in [0.5, 0.6) is 0 Å². The number of aromatic amines is 1. The van der Waals surface area contributed by atoms with Crippen LogP contribution in [0.15, 0.2) is 52.2 Å². The van der Waals surface area contributed by atoms with Crippen molar-refractivity contribution in [1.82, 2.24) is 9.78 Å². The van der Waals surface area contributed by atoms with Gasteiger partial charge in [-0.15, -0.1) is 11.8 Å². The number of thioether (sulfide) groups is 1. The zero-order valence-corrected chi connectivity index (χ0v) is 13.6. The van der Waals surface area contributed by atoms with Crippen LogP contribution in [0, 0.1) is 0 Å². The number of rotatable bonds is 1. The van der Waals surface area contributed by atoms with Gasteiger partial charge < -0.3 is 0 Å². The van der Waals surface area contributed by atoms with Gasteiger partial charge in [-0.1, -0.05) is 47.5 Å². The molecule has 0 spiro atoms. The highest BCUT2D eigenvalue weighted by atomic mass is 35.5. The highest BCUT2D eigenvalue weighted by Gasteiger charge is 2.24. The fourth-order valence-corrected chi connectivity index (χ4v) is 4.27. The van der Waals surface area contributed by atoms with Crippen LogP contribution in [0.25, 0.3) is 16.9 Å². The Labute approximate surface area is 140 Å². The maximum absolute atomic E-state index is 12.7. The van der Waals surface area contributed by atoms with Crippen molar-refractivity contribution in [2.75, 3.05) is 0 Å². The number of aromatic nitrogens is 2. The first-order chi connectivity index (χ1) is 10.7. The van der Waals surface area contributed by atoms with Crippen LogP contribution in [0.4, 0.5) is 0 Å². The SMILES string of the molecule is O=c1c2c([nH]n1-c1c(Cl)cccc1Cl)-c1ccccc1SC2. The second-order valence-corrected chi connectivity index (χ2v) is 6.79. The van der Waals surface area contributed by atoms with Gasteiger partial charge in [0, 0.05) is 16.2 Å². The molecule has 1 aromatic heterocycles. The second kappa shape index (κ2) is 5.23. The minimum absolute atomic E-state index is 0.105. The lowest BCUT2D eigenvalue weighted by molar-refractivity contribution is 0.851. The van der Waals surface area contributed by atoms with Crippen molar-refractivity contribution >= 4 is 35.0 Å². The van der Waals surface area contributed by atoms with Crippen molar-refractivity contribution in [2.45, 2.75) is 10.6 Å². The number of nitrogens with one attached hydrogen (secondary N) is 1. The average Bonchev–Trinajstić information content (AvgIpc) is 2.85. The Balaban J connectivity index is 2.00. The highest BCUT2D eigenvalue weighted by molar-refractivity contribution is 7.98. The van der Waals surface area contributed by atoms with Gasteiger partial charge in [0.05, 0.1) is 21.3 Å². The van der Waals surface area contributed by atoms with E-state index in [0.717, 1.165) is 21.7 Å². The van der Waals surface area contributed by atoms with Crippen molar-refractivity contribution in [1.29, 1.82) is 0 Å². The van der Waals surface area contributed by atoms with Crippen molar-refractivity contribution in [3.05, 3.63) is 68.4 Å². The lowest BCUT2D eigenvalue weighted by atomic mass is 10.1. The first-order valence-corrected chi connectivity index (χ1v) is 8.41. The normalized spacial score (nSPS) is 12.8. The molecular formula is C16H10Cl2N2OS. The number of hydrogen-bond donors (Lipinski definition) is 1. The number of fused-ring (bicyclic) bond motifs is 3. The molecule has 3 aromatic rings. The number of halogens is 2. The average molecular weight is 349 g/mol. The Kier molecular flexibility index (Phi) is 3.33. The van der Waals surface area contributed by atoms with Gasteiger partial charge in [-0.25, -0.2) is 4.68 Å². The summed E-state index contributed by atoms with van der Waals surface area (Å²) in [6.07, 6.45) is 0. The van der Waals surface area contributed by atoms with Gasteiger partial charge in [-0.05, 0) is 18.2 Å². The Morgan fingerprint density at radius 3 is 2.55 bits per heavy atom. The molecule has 2 heterocycles. The molecule has 6 heteroatoms. The van der Waals surface area contributed by atoms with Crippen LogP contribution in [0.2, 0.25) is 10.0 Å². The summed E-state index contributed by atoms with van der Waals surface area (Å²) >= 11 is 14.1. The first kappa shape index (κ1) is 14.0. The first-order valence-electron chi connectivity index (χ1n) is 6.67. The van der Waals surface area contributed by atoms with Crippen LogP contribution in [-0.2, 0) is 5.75 Å². The van der Waals surface area contributed by atoms with Crippen LogP contribution in [-0.4, -0.2) is 9.78 Å². The summed E-state index contributed by atoms with van der Waals surface area (Å²) in [5.74, 6) is 0.636. The quantitative estimate of drug-likeness (QED) is 0.689. The minimum Gasteiger partial charge on any atom is -0.290 e. The van der Waals surface area contributed by atoms with E-state index < -0.39 is 0 Å². The Hall–Kier alpha value is -1.62. The highest BCUT2D eigenvalue weighted by Crippen LogP contribution is 2.39. The predicted octanol–water partition coefficient (Wildman–Crippen LogP) is 4.75. The van der Waals surface area contributed by atoms with E-state index in [-0.39, 0.29) is 5.56 Å². The van der Waals surface area contributed by atoms with Crippen LogP contribution >= 0.6 is 35.0 Å². The van der Waals surface area contributed by atoms with Crippen LogP contribution in [0.3, 0.4) is 0 Å². The van der Waals surface area contributed by atoms with Crippen molar-refractivity contribution in [3.63, 3.8) is 0 Å². The molecule has 0 aliphatic carbocycles. The van der Waals surface area contributed by atoms with Gasteiger partial charge >= 0.3 is 0 Å². The van der Waals surface area contributed by atoms with Crippen LogP contribution < -0.4 is 5.56 Å². The molecule has 1 aliphatic rings. The molecule has 0 amide bonds. The molecule has 0 fully saturated rings. The standard InChI is InChI=1S/C16H10Cl2N2OS/c17-11-5-3-6-12(18)15(11)20-16(21)10-8-22-13-7-2-1-4-9(13)14(10)19-20/h1-7,19H,8H2. The number of para-hydroxylation sites is 1. The molecule has 22 heavy (non-hydrogen) atoms. The summed E-state index contributed by atoms with van der Waals surface area (Å²) in [6, 6.07) is 13.2. The summed E-state index contributed by atoms with van der Waals surface area (Å²) in [4.78, 5) is 13.9. The Morgan fingerprint density at radius 1 is 1.05 bits per heavy atom. The molecule has 0 saturated carbocycles. The number of hydrogen-bond acceptors (Lipinski definition) is 2.